The van der Waals surface area contributed by atoms with Crippen molar-refractivity contribution < 1.29 is 19.1 Å². The minimum absolute atomic E-state index is 0.000279. The van der Waals surface area contributed by atoms with Gasteiger partial charge in [-0.1, -0.05) is 31.9 Å². The van der Waals surface area contributed by atoms with Gasteiger partial charge in [-0.3, -0.25) is 9.59 Å². The lowest BCUT2D eigenvalue weighted by Gasteiger charge is -2.49. The molecule has 28 heavy (non-hydrogen) atoms. The Balaban J connectivity index is 1.62. The molecule has 5 heteroatoms. The number of carboxylic acid groups (broad SMARTS) is 1. The summed E-state index contributed by atoms with van der Waals surface area (Å²) in [5.74, 6) is -2.26. The number of allylic oxidation sites excluding steroid dienone is 2. The van der Waals surface area contributed by atoms with Crippen molar-refractivity contribution in [2.24, 2.45) is 23.7 Å². The second-order valence-corrected chi connectivity index (χ2v) is 9.25. The topological polar surface area (TPSA) is 57.6 Å². The van der Waals surface area contributed by atoms with Crippen LogP contribution in [0.2, 0.25) is 0 Å². The van der Waals surface area contributed by atoms with Crippen LogP contribution in [-0.2, 0) is 9.59 Å². The lowest BCUT2D eigenvalue weighted by atomic mass is 9.74. The summed E-state index contributed by atoms with van der Waals surface area (Å²) < 4.78 is 14.0. The summed E-state index contributed by atoms with van der Waals surface area (Å²) in [5, 5.41) is 9.83. The molecule has 5 atom stereocenters. The number of amides is 1. The number of hydrogen-bond acceptors (Lipinski definition) is 2. The highest BCUT2D eigenvalue weighted by Gasteiger charge is 2.56. The van der Waals surface area contributed by atoms with Gasteiger partial charge in [0.25, 0.3) is 0 Å². The Bertz CT molecular complexity index is 873. The van der Waals surface area contributed by atoms with Crippen molar-refractivity contribution >= 4 is 17.6 Å². The SMILES string of the molecule is CC1CC2(CCCC2)N(C(=O)C2C3C=CC(C3)C2C(=O)O)c2ccc(F)cc21. The van der Waals surface area contributed by atoms with Crippen LogP contribution in [0, 0.1) is 29.5 Å². The maximum Gasteiger partial charge on any atom is 0.307 e. The molecular formula is C23H26FNO3. The van der Waals surface area contributed by atoms with Crippen molar-refractivity contribution in [3.05, 3.63) is 41.7 Å². The molecule has 0 saturated heterocycles. The zero-order valence-corrected chi connectivity index (χ0v) is 16.1. The minimum atomic E-state index is -0.875. The predicted octanol–water partition coefficient (Wildman–Crippen LogP) is 4.50. The van der Waals surface area contributed by atoms with Gasteiger partial charge in [0.15, 0.2) is 0 Å². The monoisotopic (exact) mass is 383 g/mol. The number of aliphatic carboxylic acids is 1. The fourth-order valence-corrected chi connectivity index (χ4v) is 6.61. The van der Waals surface area contributed by atoms with Crippen LogP contribution in [0.1, 0.15) is 56.9 Å². The van der Waals surface area contributed by atoms with Crippen LogP contribution in [-0.4, -0.2) is 22.5 Å². The summed E-state index contributed by atoms with van der Waals surface area (Å²) in [4.78, 5) is 27.9. The summed E-state index contributed by atoms with van der Waals surface area (Å²) >= 11 is 0. The summed E-state index contributed by atoms with van der Waals surface area (Å²) in [6.07, 6.45) is 9.61. The fourth-order valence-electron chi connectivity index (χ4n) is 6.61. The maximum atomic E-state index is 14.0. The summed E-state index contributed by atoms with van der Waals surface area (Å²) in [6.45, 7) is 2.11. The molecule has 1 spiro atoms. The average molecular weight is 383 g/mol. The molecule has 2 fully saturated rings. The summed E-state index contributed by atoms with van der Waals surface area (Å²) in [7, 11) is 0. The molecule has 3 aliphatic carbocycles. The molecule has 1 heterocycles. The Morgan fingerprint density at radius 3 is 2.50 bits per heavy atom. The van der Waals surface area contributed by atoms with Crippen molar-refractivity contribution in [2.75, 3.05) is 4.90 Å². The van der Waals surface area contributed by atoms with Gasteiger partial charge in [0.05, 0.1) is 11.8 Å². The number of carbonyl (C=O) groups excluding carboxylic acids is 1. The Hall–Kier alpha value is -2.17. The lowest BCUT2D eigenvalue weighted by Crippen LogP contribution is -2.57. The molecule has 2 saturated carbocycles. The number of carboxylic acids is 1. The molecule has 5 unspecified atom stereocenters. The third-order valence-corrected chi connectivity index (χ3v) is 7.71. The molecule has 1 aromatic carbocycles. The minimum Gasteiger partial charge on any atom is -0.481 e. The zero-order valence-electron chi connectivity index (χ0n) is 16.1. The van der Waals surface area contributed by atoms with E-state index in [1.54, 1.807) is 12.1 Å². The molecule has 4 nitrogen and oxygen atoms in total. The average Bonchev–Trinajstić information content (AvgIpc) is 3.38. The van der Waals surface area contributed by atoms with Crippen LogP contribution in [0.3, 0.4) is 0 Å². The second kappa shape index (κ2) is 6.16. The van der Waals surface area contributed by atoms with Gasteiger partial charge in [-0.2, -0.15) is 0 Å². The van der Waals surface area contributed by atoms with Gasteiger partial charge in [0.2, 0.25) is 5.91 Å². The van der Waals surface area contributed by atoms with Crippen LogP contribution in [0.15, 0.2) is 30.4 Å². The number of hydrogen-bond donors (Lipinski definition) is 1. The molecule has 148 valence electrons. The van der Waals surface area contributed by atoms with Gasteiger partial charge in [-0.15, -0.1) is 0 Å². The number of nitrogens with zero attached hydrogens (tertiary/aromatic N) is 1. The van der Waals surface area contributed by atoms with Gasteiger partial charge < -0.3 is 10.0 Å². The van der Waals surface area contributed by atoms with Crippen LogP contribution in [0.25, 0.3) is 0 Å². The predicted molar refractivity (Wildman–Crippen MR) is 103 cm³/mol. The first kappa shape index (κ1) is 17.9. The number of fused-ring (bicyclic) bond motifs is 3. The van der Waals surface area contributed by atoms with E-state index in [0.29, 0.717) is 0 Å². The van der Waals surface area contributed by atoms with Crippen LogP contribution < -0.4 is 4.90 Å². The molecule has 1 amide bonds. The molecule has 1 aromatic rings. The van der Waals surface area contributed by atoms with Gasteiger partial charge in [-0.05, 0) is 67.2 Å². The van der Waals surface area contributed by atoms with E-state index in [9.17, 15) is 19.1 Å². The van der Waals surface area contributed by atoms with E-state index in [2.05, 4.69) is 6.92 Å². The molecule has 1 aliphatic heterocycles. The van der Waals surface area contributed by atoms with Crippen molar-refractivity contribution in [2.45, 2.75) is 56.9 Å². The number of carbonyl (C=O) groups is 2. The number of benzene rings is 1. The first-order valence-electron chi connectivity index (χ1n) is 10.5. The van der Waals surface area contributed by atoms with Crippen molar-refractivity contribution in [3.8, 4) is 0 Å². The van der Waals surface area contributed by atoms with Crippen molar-refractivity contribution in [3.63, 3.8) is 0 Å². The third-order valence-electron chi connectivity index (χ3n) is 7.71. The highest BCUT2D eigenvalue weighted by atomic mass is 19.1. The number of anilines is 1. The number of rotatable bonds is 2. The molecule has 1 N–H and O–H groups in total. The second-order valence-electron chi connectivity index (χ2n) is 9.25. The van der Waals surface area contributed by atoms with E-state index in [1.165, 1.54) is 6.07 Å². The molecule has 5 rings (SSSR count). The van der Waals surface area contributed by atoms with Gasteiger partial charge in [0.1, 0.15) is 5.82 Å². The Kier molecular flexibility index (Phi) is 3.94. The van der Waals surface area contributed by atoms with E-state index in [1.807, 2.05) is 17.1 Å². The first-order chi connectivity index (χ1) is 13.4. The van der Waals surface area contributed by atoms with Gasteiger partial charge in [0, 0.05) is 11.2 Å². The third kappa shape index (κ3) is 2.41. The number of halogens is 1. The zero-order chi connectivity index (χ0) is 19.6. The molecule has 2 bridgehead atoms. The quantitative estimate of drug-likeness (QED) is 0.765. The Morgan fingerprint density at radius 1 is 1.14 bits per heavy atom. The standard InChI is InChI=1S/C23H26FNO3/c1-13-12-23(8-2-3-9-23)25(18-7-6-16(24)11-17(13)18)21(26)19-14-4-5-15(10-14)20(19)22(27)28/h4-7,11,13-15,19-20H,2-3,8-10,12H2,1H3,(H,27,28). The van der Waals surface area contributed by atoms with E-state index in [-0.39, 0.29) is 35.0 Å². The van der Waals surface area contributed by atoms with Crippen molar-refractivity contribution in [1.82, 2.24) is 0 Å². The smallest absolute Gasteiger partial charge is 0.307 e. The molecular weight excluding hydrogens is 357 g/mol. The molecule has 0 radical (unpaired) electrons. The lowest BCUT2D eigenvalue weighted by molar-refractivity contribution is -0.147. The largest absolute Gasteiger partial charge is 0.481 e. The first-order valence-corrected chi connectivity index (χ1v) is 10.5. The van der Waals surface area contributed by atoms with Crippen LogP contribution in [0.5, 0.6) is 0 Å². The van der Waals surface area contributed by atoms with Crippen LogP contribution >= 0.6 is 0 Å². The van der Waals surface area contributed by atoms with E-state index in [0.717, 1.165) is 49.8 Å². The summed E-state index contributed by atoms with van der Waals surface area (Å²) in [5.41, 5.74) is 1.41. The van der Waals surface area contributed by atoms with Crippen LogP contribution in [0.4, 0.5) is 10.1 Å². The summed E-state index contributed by atoms with van der Waals surface area (Å²) in [6, 6.07) is 4.71. The molecule has 4 aliphatic rings. The van der Waals surface area contributed by atoms with E-state index >= 15 is 0 Å². The van der Waals surface area contributed by atoms with Crippen molar-refractivity contribution in [1.29, 1.82) is 0 Å². The normalized spacial score (nSPS) is 34.8. The molecule has 0 aromatic heterocycles. The highest BCUT2D eigenvalue weighted by Crippen LogP contribution is 2.54. The van der Waals surface area contributed by atoms with Gasteiger partial charge >= 0.3 is 5.97 Å². The van der Waals surface area contributed by atoms with Gasteiger partial charge in [-0.25, -0.2) is 4.39 Å². The fraction of sp³-hybridized carbons (Fsp3) is 0.565. The van der Waals surface area contributed by atoms with E-state index < -0.39 is 17.8 Å². The Morgan fingerprint density at radius 2 is 1.82 bits per heavy atom. The maximum absolute atomic E-state index is 14.0. The highest BCUT2D eigenvalue weighted by molar-refractivity contribution is 6.00. The Labute approximate surface area is 164 Å². The van der Waals surface area contributed by atoms with E-state index in [4.69, 9.17) is 0 Å².